The van der Waals surface area contributed by atoms with Gasteiger partial charge in [-0.15, -0.1) is 0 Å². The van der Waals surface area contributed by atoms with Gasteiger partial charge in [-0.3, -0.25) is 0 Å². The molecular weight excluding hydrogens is 244 g/mol. The highest BCUT2D eigenvalue weighted by Gasteiger charge is 2.10. The SMILES string of the molecule is CCOC(C)CNc1nc(N)nc(N(CC)CC)n1. The van der Waals surface area contributed by atoms with Gasteiger partial charge in [-0.25, -0.2) is 0 Å². The number of anilines is 3. The third-order valence-corrected chi connectivity index (χ3v) is 2.69. The van der Waals surface area contributed by atoms with E-state index in [2.05, 4.69) is 20.3 Å². The van der Waals surface area contributed by atoms with Crippen LogP contribution in [0.1, 0.15) is 27.7 Å². The number of nitrogens with one attached hydrogen (secondary N) is 1. The zero-order valence-electron chi connectivity index (χ0n) is 12.2. The van der Waals surface area contributed by atoms with E-state index >= 15 is 0 Å². The maximum atomic E-state index is 5.71. The number of hydrogen-bond acceptors (Lipinski definition) is 7. The van der Waals surface area contributed by atoms with Crippen LogP contribution in [-0.2, 0) is 4.74 Å². The highest BCUT2D eigenvalue weighted by atomic mass is 16.5. The minimum atomic E-state index is 0.0971. The van der Waals surface area contributed by atoms with E-state index in [0.29, 0.717) is 25.0 Å². The first-order chi connectivity index (χ1) is 9.10. The molecule has 0 spiro atoms. The van der Waals surface area contributed by atoms with Crippen molar-refractivity contribution in [2.45, 2.75) is 33.8 Å². The summed E-state index contributed by atoms with van der Waals surface area (Å²) < 4.78 is 5.44. The second-order valence-electron chi connectivity index (χ2n) is 4.14. The Morgan fingerprint density at radius 1 is 1.21 bits per heavy atom. The average Bonchev–Trinajstić information content (AvgIpc) is 2.38. The number of nitrogens with two attached hydrogens (primary N) is 1. The summed E-state index contributed by atoms with van der Waals surface area (Å²) in [5.74, 6) is 1.31. The normalized spacial score (nSPS) is 12.2. The lowest BCUT2D eigenvalue weighted by molar-refractivity contribution is 0.0854. The highest BCUT2D eigenvalue weighted by molar-refractivity contribution is 5.41. The van der Waals surface area contributed by atoms with E-state index in [1.165, 1.54) is 0 Å². The third-order valence-electron chi connectivity index (χ3n) is 2.69. The van der Waals surface area contributed by atoms with Crippen LogP contribution in [0.5, 0.6) is 0 Å². The molecule has 1 atom stereocenters. The van der Waals surface area contributed by atoms with Crippen molar-refractivity contribution >= 4 is 17.8 Å². The molecule has 1 heterocycles. The fourth-order valence-corrected chi connectivity index (χ4v) is 1.69. The molecule has 0 saturated heterocycles. The van der Waals surface area contributed by atoms with Crippen LogP contribution in [-0.4, -0.2) is 47.3 Å². The number of aromatic nitrogens is 3. The van der Waals surface area contributed by atoms with Gasteiger partial charge in [0, 0.05) is 26.2 Å². The van der Waals surface area contributed by atoms with E-state index in [-0.39, 0.29) is 12.1 Å². The van der Waals surface area contributed by atoms with E-state index in [0.717, 1.165) is 13.1 Å². The Bertz CT molecular complexity index is 382. The molecule has 1 unspecified atom stereocenters. The van der Waals surface area contributed by atoms with Crippen LogP contribution in [0.4, 0.5) is 17.8 Å². The van der Waals surface area contributed by atoms with Crippen molar-refractivity contribution < 1.29 is 4.74 Å². The first-order valence-electron chi connectivity index (χ1n) is 6.72. The second-order valence-corrected chi connectivity index (χ2v) is 4.14. The molecule has 0 saturated carbocycles. The van der Waals surface area contributed by atoms with E-state index in [1.54, 1.807) is 0 Å². The molecule has 0 aliphatic carbocycles. The van der Waals surface area contributed by atoms with E-state index < -0.39 is 0 Å². The lowest BCUT2D eigenvalue weighted by Gasteiger charge is -2.19. The molecule has 0 aliphatic heterocycles. The molecule has 0 amide bonds. The molecule has 0 aliphatic rings. The summed E-state index contributed by atoms with van der Waals surface area (Å²) in [5, 5.41) is 3.12. The summed E-state index contributed by atoms with van der Waals surface area (Å²) in [4.78, 5) is 14.6. The molecule has 1 rings (SSSR count). The number of nitrogen functional groups attached to an aromatic ring is 1. The zero-order valence-corrected chi connectivity index (χ0v) is 12.2. The lowest BCUT2D eigenvalue weighted by atomic mass is 10.4. The van der Waals surface area contributed by atoms with Gasteiger partial charge in [0.15, 0.2) is 0 Å². The summed E-state index contributed by atoms with van der Waals surface area (Å²) in [6, 6.07) is 0. The molecule has 0 fully saturated rings. The monoisotopic (exact) mass is 268 g/mol. The van der Waals surface area contributed by atoms with Crippen LogP contribution in [0.15, 0.2) is 0 Å². The van der Waals surface area contributed by atoms with E-state index in [4.69, 9.17) is 10.5 Å². The molecular formula is C12H24N6O. The molecule has 0 bridgehead atoms. The molecule has 7 heteroatoms. The van der Waals surface area contributed by atoms with Crippen molar-refractivity contribution in [2.24, 2.45) is 0 Å². The standard InChI is InChI=1S/C12H24N6O/c1-5-18(6-2)12-16-10(13)15-11(17-12)14-8-9(4)19-7-3/h9H,5-8H2,1-4H3,(H3,13,14,15,16,17). The van der Waals surface area contributed by atoms with Crippen molar-refractivity contribution in [1.29, 1.82) is 0 Å². The van der Waals surface area contributed by atoms with Crippen molar-refractivity contribution in [3.8, 4) is 0 Å². The van der Waals surface area contributed by atoms with Gasteiger partial charge in [-0.1, -0.05) is 0 Å². The van der Waals surface area contributed by atoms with Crippen LogP contribution in [0.3, 0.4) is 0 Å². The maximum Gasteiger partial charge on any atom is 0.231 e. The van der Waals surface area contributed by atoms with Gasteiger partial charge in [0.25, 0.3) is 0 Å². The quantitative estimate of drug-likeness (QED) is 0.730. The highest BCUT2D eigenvalue weighted by Crippen LogP contribution is 2.11. The molecule has 1 aromatic heterocycles. The number of rotatable bonds is 8. The Morgan fingerprint density at radius 2 is 1.89 bits per heavy atom. The molecule has 0 aromatic carbocycles. The summed E-state index contributed by atoms with van der Waals surface area (Å²) in [5.41, 5.74) is 5.71. The van der Waals surface area contributed by atoms with Crippen LogP contribution in [0.2, 0.25) is 0 Å². The second kappa shape index (κ2) is 7.73. The first kappa shape index (κ1) is 15.4. The third kappa shape index (κ3) is 4.86. The van der Waals surface area contributed by atoms with Crippen molar-refractivity contribution in [3.05, 3.63) is 0 Å². The van der Waals surface area contributed by atoms with Crippen molar-refractivity contribution in [3.63, 3.8) is 0 Å². The zero-order chi connectivity index (χ0) is 14.3. The van der Waals surface area contributed by atoms with Crippen LogP contribution in [0.25, 0.3) is 0 Å². The smallest absolute Gasteiger partial charge is 0.231 e. The van der Waals surface area contributed by atoms with Gasteiger partial charge in [0.2, 0.25) is 17.8 Å². The summed E-state index contributed by atoms with van der Waals surface area (Å²) in [6.45, 7) is 11.0. The Labute approximate surface area is 114 Å². The minimum absolute atomic E-state index is 0.0971. The van der Waals surface area contributed by atoms with Gasteiger partial charge in [-0.05, 0) is 27.7 Å². The maximum absolute atomic E-state index is 5.71. The summed E-state index contributed by atoms with van der Waals surface area (Å²) >= 11 is 0. The summed E-state index contributed by atoms with van der Waals surface area (Å²) in [6.07, 6.45) is 0.0971. The van der Waals surface area contributed by atoms with E-state index in [1.807, 2.05) is 32.6 Å². The molecule has 7 nitrogen and oxygen atoms in total. The predicted molar refractivity (Wildman–Crippen MR) is 77.4 cm³/mol. The molecule has 0 radical (unpaired) electrons. The molecule has 108 valence electrons. The van der Waals surface area contributed by atoms with Crippen molar-refractivity contribution in [1.82, 2.24) is 15.0 Å². The van der Waals surface area contributed by atoms with Crippen LogP contribution >= 0.6 is 0 Å². The minimum Gasteiger partial charge on any atom is -0.377 e. The Morgan fingerprint density at radius 3 is 2.47 bits per heavy atom. The van der Waals surface area contributed by atoms with Gasteiger partial charge < -0.3 is 20.7 Å². The molecule has 1 aromatic rings. The number of nitrogens with zero attached hydrogens (tertiary/aromatic N) is 4. The van der Waals surface area contributed by atoms with Gasteiger partial charge in [0.1, 0.15) is 0 Å². The fourth-order valence-electron chi connectivity index (χ4n) is 1.69. The fraction of sp³-hybridized carbons (Fsp3) is 0.750. The lowest BCUT2D eigenvalue weighted by Crippen LogP contribution is -2.26. The van der Waals surface area contributed by atoms with E-state index in [9.17, 15) is 0 Å². The average molecular weight is 268 g/mol. The van der Waals surface area contributed by atoms with Gasteiger partial charge in [-0.2, -0.15) is 15.0 Å². The number of hydrogen-bond donors (Lipinski definition) is 2. The Hall–Kier alpha value is -1.63. The Kier molecular flexibility index (Phi) is 6.27. The van der Waals surface area contributed by atoms with Gasteiger partial charge >= 0.3 is 0 Å². The first-order valence-corrected chi connectivity index (χ1v) is 6.72. The van der Waals surface area contributed by atoms with Crippen LogP contribution < -0.4 is 16.0 Å². The Balaban J connectivity index is 2.73. The van der Waals surface area contributed by atoms with Crippen molar-refractivity contribution in [2.75, 3.05) is 42.2 Å². The largest absolute Gasteiger partial charge is 0.377 e. The number of ether oxygens (including phenoxy) is 1. The topological polar surface area (TPSA) is 89.2 Å². The summed E-state index contributed by atoms with van der Waals surface area (Å²) in [7, 11) is 0. The molecule has 3 N–H and O–H groups in total. The van der Waals surface area contributed by atoms with Gasteiger partial charge in [0.05, 0.1) is 6.10 Å². The predicted octanol–water partition coefficient (Wildman–Crippen LogP) is 1.14. The van der Waals surface area contributed by atoms with Crippen LogP contribution in [0, 0.1) is 0 Å². The molecule has 19 heavy (non-hydrogen) atoms.